The summed E-state index contributed by atoms with van der Waals surface area (Å²) in [6.07, 6.45) is 0.749. The molecule has 0 aliphatic heterocycles. The fourth-order valence-electron chi connectivity index (χ4n) is 0.812. The molecule has 0 spiro atoms. The first-order valence-corrected chi connectivity index (χ1v) is 3.97. The molecular weight excluding hydrogens is 140 g/mol. The summed E-state index contributed by atoms with van der Waals surface area (Å²) >= 11 is 0. The van der Waals surface area contributed by atoms with E-state index in [1.807, 2.05) is 14.0 Å². The van der Waals surface area contributed by atoms with E-state index in [2.05, 4.69) is 24.1 Å². The number of carbonyl (C=O) groups is 1. The number of nitrogens with one attached hydrogen (secondary N) is 1. The maximum absolute atomic E-state index is 10.0. The SMILES string of the molecule is CC(C)N(C)C[C@@H](C)NC=O. The van der Waals surface area contributed by atoms with Gasteiger partial charge in [-0.1, -0.05) is 0 Å². The van der Waals surface area contributed by atoms with Gasteiger partial charge in [0.1, 0.15) is 0 Å². The van der Waals surface area contributed by atoms with Crippen molar-refractivity contribution >= 4 is 6.41 Å². The molecular formula is C8H18N2O. The summed E-state index contributed by atoms with van der Waals surface area (Å²) in [7, 11) is 2.05. The number of amides is 1. The topological polar surface area (TPSA) is 32.3 Å². The summed E-state index contributed by atoms with van der Waals surface area (Å²) in [6.45, 7) is 7.16. The lowest BCUT2D eigenvalue weighted by atomic mass is 10.2. The minimum atomic E-state index is 0.236. The van der Waals surface area contributed by atoms with E-state index >= 15 is 0 Å². The number of rotatable bonds is 5. The minimum absolute atomic E-state index is 0.236. The predicted octanol–water partition coefficient (Wildman–Crippen LogP) is 0.461. The second kappa shape index (κ2) is 5.13. The van der Waals surface area contributed by atoms with Gasteiger partial charge in [-0.25, -0.2) is 0 Å². The summed E-state index contributed by atoms with van der Waals surface area (Å²) in [4.78, 5) is 12.2. The molecule has 0 aromatic rings. The Morgan fingerprint density at radius 1 is 1.45 bits per heavy atom. The van der Waals surface area contributed by atoms with Crippen LogP contribution >= 0.6 is 0 Å². The van der Waals surface area contributed by atoms with Crippen LogP contribution in [0.2, 0.25) is 0 Å². The molecule has 11 heavy (non-hydrogen) atoms. The molecule has 1 amide bonds. The summed E-state index contributed by atoms with van der Waals surface area (Å²) in [6, 6.07) is 0.769. The first-order valence-electron chi connectivity index (χ1n) is 3.97. The van der Waals surface area contributed by atoms with Crippen LogP contribution < -0.4 is 5.32 Å². The zero-order valence-corrected chi connectivity index (χ0v) is 7.79. The average molecular weight is 158 g/mol. The van der Waals surface area contributed by atoms with Crippen LogP contribution in [-0.2, 0) is 4.79 Å². The molecule has 0 unspecified atom stereocenters. The number of nitrogens with zero attached hydrogens (tertiary/aromatic N) is 1. The molecule has 0 rings (SSSR count). The number of carbonyl (C=O) groups excluding carboxylic acids is 1. The van der Waals surface area contributed by atoms with Crippen molar-refractivity contribution in [3.63, 3.8) is 0 Å². The van der Waals surface area contributed by atoms with Gasteiger partial charge in [0.25, 0.3) is 0 Å². The molecule has 3 heteroatoms. The Morgan fingerprint density at radius 3 is 2.36 bits per heavy atom. The van der Waals surface area contributed by atoms with E-state index in [-0.39, 0.29) is 6.04 Å². The number of likely N-dealkylation sites (N-methyl/N-ethyl adjacent to an activating group) is 1. The van der Waals surface area contributed by atoms with Crippen molar-refractivity contribution in [3.8, 4) is 0 Å². The second-order valence-corrected chi connectivity index (χ2v) is 3.22. The van der Waals surface area contributed by atoms with Crippen LogP contribution in [0.4, 0.5) is 0 Å². The van der Waals surface area contributed by atoms with Crippen LogP contribution in [0.1, 0.15) is 20.8 Å². The van der Waals surface area contributed by atoms with Crippen LogP contribution in [-0.4, -0.2) is 37.0 Å². The van der Waals surface area contributed by atoms with E-state index in [1.54, 1.807) is 0 Å². The van der Waals surface area contributed by atoms with Gasteiger partial charge in [-0.2, -0.15) is 0 Å². The molecule has 0 heterocycles. The largest absolute Gasteiger partial charge is 0.355 e. The van der Waals surface area contributed by atoms with Crippen LogP contribution in [0.5, 0.6) is 0 Å². The van der Waals surface area contributed by atoms with E-state index < -0.39 is 0 Å². The average Bonchev–Trinajstić information content (AvgIpc) is 1.87. The number of hydrogen-bond donors (Lipinski definition) is 1. The Balaban J connectivity index is 3.56. The Kier molecular flexibility index (Phi) is 4.86. The first-order chi connectivity index (χ1) is 5.07. The molecule has 66 valence electrons. The van der Waals surface area contributed by atoms with Gasteiger partial charge in [-0.05, 0) is 27.8 Å². The second-order valence-electron chi connectivity index (χ2n) is 3.22. The van der Waals surface area contributed by atoms with E-state index in [1.165, 1.54) is 0 Å². The molecule has 0 saturated carbocycles. The molecule has 0 aliphatic carbocycles. The van der Waals surface area contributed by atoms with Gasteiger partial charge in [-0.3, -0.25) is 4.79 Å². The van der Waals surface area contributed by atoms with Gasteiger partial charge in [0, 0.05) is 18.6 Å². The van der Waals surface area contributed by atoms with Crippen LogP contribution in [0.3, 0.4) is 0 Å². The molecule has 0 aliphatic rings. The monoisotopic (exact) mass is 158 g/mol. The lowest BCUT2D eigenvalue weighted by Gasteiger charge is -2.24. The maximum Gasteiger partial charge on any atom is 0.207 e. The Labute approximate surface area is 68.8 Å². The molecule has 1 N–H and O–H groups in total. The fraction of sp³-hybridized carbons (Fsp3) is 0.875. The molecule has 0 aromatic carbocycles. The zero-order chi connectivity index (χ0) is 8.85. The van der Waals surface area contributed by atoms with E-state index in [9.17, 15) is 4.79 Å². The lowest BCUT2D eigenvalue weighted by Crippen LogP contribution is -2.39. The molecule has 3 nitrogen and oxygen atoms in total. The van der Waals surface area contributed by atoms with E-state index in [0.717, 1.165) is 13.0 Å². The highest BCUT2D eigenvalue weighted by atomic mass is 16.1. The van der Waals surface area contributed by atoms with Gasteiger partial charge in [-0.15, -0.1) is 0 Å². The zero-order valence-electron chi connectivity index (χ0n) is 7.79. The maximum atomic E-state index is 10.0. The van der Waals surface area contributed by atoms with Crippen molar-refractivity contribution in [2.75, 3.05) is 13.6 Å². The fourth-order valence-corrected chi connectivity index (χ4v) is 0.812. The molecule has 0 aromatic heterocycles. The third-order valence-electron chi connectivity index (χ3n) is 1.80. The molecule has 1 atom stereocenters. The lowest BCUT2D eigenvalue weighted by molar-refractivity contribution is -0.110. The smallest absolute Gasteiger partial charge is 0.207 e. The van der Waals surface area contributed by atoms with Crippen LogP contribution in [0.25, 0.3) is 0 Å². The van der Waals surface area contributed by atoms with Crippen LogP contribution in [0, 0.1) is 0 Å². The third kappa shape index (κ3) is 4.79. The van der Waals surface area contributed by atoms with Crippen molar-refractivity contribution in [2.24, 2.45) is 0 Å². The minimum Gasteiger partial charge on any atom is -0.355 e. The predicted molar refractivity (Wildman–Crippen MR) is 46.4 cm³/mol. The van der Waals surface area contributed by atoms with E-state index in [4.69, 9.17) is 0 Å². The highest BCUT2D eigenvalue weighted by Crippen LogP contribution is 1.94. The number of hydrogen-bond acceptors (Lipinski definition) is 2. The van der Waals surface area contributed by atoms with E-state index in [0.29, 0.717) is 6.04 Å². The summed E-state index contributed by atoms with van der Waals surface area (Å²) in [5.41, 5.74) is 0. The molecule has 0 bridgehead atoms. The standard InChI is InChI=1S/C8H18N2O/c1-7(2)10(4)5-8(3)9-6-11/h6-8H,5H2,1-4H3,(H,9,11)/t8-/m1/s1. The van der Waals surface area contributed by atoms with Gasteiger partial charge in [0.15, 0.2) is 0 Å². The first kappa shape index (κ1) is 10.4. The summed E-state index contributed by atoms with van der Waals surface area (Å²) < 4.78 is 0. The Bertz CT molecular complexity index is 115. The highest BCUT2D eigenvalue weighted by molar-refractivity contribution is 5.46. The highest BCUT2D eigenvalue weighted by Gasteiger charge is 2.06. The summed E-state index contributed by atoms with van der Waals surface area (Å²) in [5, 5.41) is 2.71. The molecule has 0 radical (unpaired) electrons. The van der Waals surface area contributed by atoms with Gasteiger partial charge in [0.2, 0.25) is 6.41 Å². The van der Waals surface area contributed by atoms with Crippen LogP contribution in [0.15, 0.2) is 0 Å². The van der Waals surface area contributed by atoms with Gasteiger partial charge >= 0.3 is 0 Å². The van der Waals surface area contributed by atoms with Crippen molar-refractivity contribution in [2.45, 2.75) is 32.9 Å². The Hall–Kier alpha value is -0.570. The normalized spacial score (nSPS) is 13.6. The molecule has 0 saturated heterocycles. The van der Waals surface area contributed by atoms with Crippen molar-refractivity contribution < 1.29 is 4.79 Å². The molecule has 0 fully saturated rings. The summed E-state index contributed by atoms with van der Waals surface area (Å²) in [5.74, 6) is 0. The van der Waals surface area contributed by atoms with Gasteiger partial charge < -0.3 is 10.2 Å². The quantitative estimate of drug-likeness (QED) is 0.590. The van der Waals surface area contributed by atoms with Gasteiger partial charge in [0.05, 0.1) is 0 Å². The van der Waals surface area contributed by atoms with Crippen molar-refractivity contribution in [1.29, 1.82) is 0 Å². The Morgan fingerprint density at radius 2 is 2.00 bits per heavy atom. The third-order valence-corrected chi connectivity index (χ3v) is 1.80. The van der Waals surface area contributed by atoms with Crippen molar-refractivity contribution in [1.82, 2.24) is 10.2 Å². The van der Waals surface area contributed by atoms with Crippen molar-refractivity contribution in [3.05, 3.63) is 0 Å².